The number of benzene rings is 2. The molecule has 4 heteroatoms. The summed E-state index contributed by atoms with van der Waals surface area (Å²) in [6, 6.07) is 11.2. The van der Waals surface area contributed by atoms with Crippen molar-refractivity contribution in [1.29, 1.82) is 0 Å². The van der Waals surface area contributed by atoms with Crippen LogP contribution >= 0.6 is 23.2 Å². The van der Waals surface area contributed by atoms with E-state index in [0.717, 1.165) is 19.3 Å². The van der Waals surface area contributed by atoms with Gasteiger partial charge in [0.2, 0.25) is 0 Å². The van der Waals surface area contributed by atoms with Gasteiger partial charge in [0, 0.05) is 0 Å². The number of hydrogen-bond acceptors (Lipinski definition) is 1. The third-order valence-corrected chi connectivity index (χ3v) is 4.54. The molecule has 0 amide bonds. The Labute approximate surface area is 134 Å². The van der Waals surface area contributed by atoms with Crippen molar-refractivity contribution in [3.8, 4) is 0 Å². The highest BCUT2D eigenvalue weighted by Crippen LogP contribution is 2.37. The van der Waals surface area contributed by atoms with Crippen molar-refractivity contribution in [2.75, 3.05) is 5.32 Å². The second-order valence-corrected chi connectivity index (χ2v) is 6.20. The summed E-state index contributed by atoms with van der Waals surface area (Å²) in [6.45, 7) is 0. The van der Waals surface area contributed by atoms with Crippen LogP contribution in [-0.2, 0) is 6.42 Å². The molecule has 2 aromatic rings. The third-order valence-electron chi connectivity index (χ3n) is 3.94. The monoisotopic (exact) mass is 323 g/mol. The molecule has 1 unspecified atom stereocenters. The van der Waals surface area contributed by atoms with E-state index in [4.69, 9.17) is 23.2 Å². The number of nitrogens with one attached hydrogen (secondary N) is 1. The topological polar surface area (TPSA) is 12.0 Å². The Morgan fingerprint density at radius 2 is 1.76 bits per heavy atom. The molecule has 0 fully saturated rings. The van der Waals surface area contributed by atoms with Gasteiger partial charge in [-0.15, -0.1) is 0 Å². The highest BCUT2D eigenvalue weighted by molar-refractivity contribution is 6.39. The summed E-state index contributed by atoms with van der Waals surface area (Å²) in [5, 5.41) is 4.05. The van der Waals surface area contributed by atoms with Crippen molar-refractivity contribution in [1.82, 2.24) is 0 Å². The summed E-state index contributed by atoms with van der Waals surface area (Å²) >= 11 is 12.3. The molecule has 110 valence electrons. The van der Waals surface area contributed by atoms with Crippen molar-refractivity contribution in [3.05, 3.63) is 63.4 Å². The highest BCUT2D eigenvalue weighted by Gasteiger charge is 2.20. The van der Waals surface area contributed by atoms with Gasteiger partial charge < -0.3 is 5.32 Å². The lowest BCUT2D eigenvalue weighted by atomic mass is 9.99. The van der Waals surface area contributed by atoms with Crippen molar-refractivity contribution >= 4 is 28.9 Å². The van der Waals surface area contributed by atoms with Crippen LogP contribution in [0.25, 0.3) is 0 Å². The number of aryl methyl sites for hydroxylation is 1. The van der Waals surface area contributed by atoms with Crippen LogP contribution < -0.4 is 5.32 Å². The van der Waals surface area contributed by atoms with Gasteiger partial charge in [-0.2, -0.15) is 0 Å². The van der Waals surface area contributed by atoms with Gasteiger partial charge in [0.1, 0.15) is 5.82 Å². The summed E-state index contributed by atoms with van der Waals surface area (Å²) < 4.78 is 13.3. The molecule has 1 aliphatic rings. The second kappa shape index (κ2) is 6.25. The van der Waals surface area contributed by atoms with Gasteiger partial charge in [-0.3, -0.25) is 0 Å². The Morgan fingerprint density at radius 1 is 1.05 bits per heavy atom. The number of hydrogen-bond donors (Lipinski definition) is 1. The van der Waals surface area contributed by atoms with Crippen LogP contribution in [0.1, 0.15) is 36.4 Å². The van der Waals surface area contributed by atoms with E-state index in [-0.39, 0.29) is 6.04 Å². The van der Waals surface area contributed by atoms with Crippen LogP contribution in [0.5, 0.6) is 0 Å². The molecule has 0 saturated heterocycles. The minimum Gasteiger partial charge on any atom is -0.376 e. The molecule has 3 rings (SSSR count). The van der Waals surface area contributed by atoms with Crippen LogP contribution in [0.3, 0.4) is 0 Å². The van der Waals surface area contributed by atoms with Gasteiger partial charge in [-0.05, 0) is 42.5 Å². The van der Waals surface area contributed by atoms with Crippen LogP contribution in [0, 0.1) is 5.82 Å². The molecular formula is C17H16Cl2FN. The molecule has 0 heterocycles. The van der Waals surface area contributed by atoms with Crippen molar-refractivity contribution in [3.63, 3.8) is 0 Å². The van der Waals surface area contributed by atoms with E-state index < -0.39 is 5.82 Å². The molecular weight excluding hydrogens is 308 g/mol. The van der Waals surface area contributed by atoms with Gasteiger partial charge in [-0.25, -0.2) is 4.39 Å². The lowest BCUT2D eigenvalue weighted by molar-refractivity contribution is 0.626. The summed E-state index contributed by atoms with van der Waals surface area (Å²) in [4.78, 5) is 0. The van der Waals surface area contributed by atoms with Crippen molar-refractivity contribution in [2.24, 2.45) is 0 Å². The first-order chi connectivity index (χ1) is 10.1. The van der Waals surface area contributed by atoms with E-state index >= 15 is 0 Å². The van der Waals surface area contributed by atoms with E-state index in [2.05, 4.69) is 23.5 Å². The molecule has 1 nitrogen and oxygen atoms in total. The van der Waals surface area contributed by atoms with E-state index in [1.165, 1.54) is 29.7 Å². The van der Waals surface area contributed by atoms with Gasteiger partial charge >= 0.3 is 0 Å². The molecule has 2 aromatic carbocycles. The Balaban J connectivity index is 1.95. The molecule has 0 saturated carbocycles. The van der Waals surface area contributed by atoms with Gasteiger partial charge in [0.25, 0.3) is 0 Å². The fourth-order valence-electron chi connectivity index (χ4n) is 2.93. The average Bonchev–Trinajstić information content (AvgIpc) is 2.65. The van der Waals surface area contributed by atoms with Gasteiger partial charge in [0.05, 0.1) is 21.8 Å². The third kappa shape index (κ3) is 3.17. The van der Waals surface area contributed by atoms with Crippen LogP contribution in [0.4, 0.5) is 10.1 Å². The first-order valence-electron chi connectivity index (χ1n) is 7.14. The Kier molecular flexibility index (Phi) is 4.37. The standard InChI is InChI=1S/C17H16Cl2FN/c18-14-9-12(20)10-15(19)17(14)21-16-8-4-2-6-11-5-1-3-7-13(11)16/h1,3,5,7,9-10,16,21H,2,4,6,8H2. The quantitative estimate of drug-likeness (QED) is 0.667. The van der Waals surface area contributed by atoms with Crippen LogP contribution in [0.2, 0.25) is 10.0 Å². The molecule has 0 radical (unpaired) electrons. The molecule has 21 heavy (non-hydrogen) atoms. The summed E-state index contributed by atoms with van der Waals surface area (Å²) in [7, 11) is 0. The SMILES string of the molecule is Fc1cc(Cl)c(NC2CCCCc3ccccc32)c(Cl)c1. The molecule has 0 spiro atoms. The maximum absolute atomic E-state index is 13.3. The number of rotatable bonds is 2. The second-order valence-electron chi connectivity index (χ2n) is 5.39. The molecule has 0 aliphatic heterocycles. The van der Waals surface area contributed by atoms with E-state index in [0.29, 0.717) is 15.7 Å². The molecule has 1 atom stereocenters. The van der Waals surface area contributed by atoms with E-state index in [1.54, 1.807) is 0 Å². The molecule has 1 aliphatic carbocycles. The Hall–Kier alpha value is -1.25. The predicted octanol–water partition coefficient (Wildman–Crippen LogP) is 6.01. The van der Waals surface area contributed by atoms with Crippen LogP contribution in [0.15, 0.2) is 36.4 Å². The van der Waals surface area contributed by atoms with E-state index in [1.807, 2.05) is 6.07 Å². The van der Waals surface area contributed by atoms with Gasteiger partial charge in [0.15, 0.2) is 0 Å². The summed E-state index contributed by atoms with van der Waals surface area (Å²) in [5.41, 5.74) is 3.26. The normalized spacial score (nSPS) is 18.0. The molecule has 0 aromatic heterocycles. The maximum atomic E-state index is 13.3. The highest BCUT2D eigenvalue weighted by atomic mass is 35.5. The van der Waals surface area contributed by atoms with E-state index in [9.17, 15) is 4.39 Å². The van der Waals surface area contributed by atoms with Gasteiger partial charge in [-0.1, -0.05) is 53.9 Å². The predicted molar refractivity (Wildman–Crippen MR) is 86.8 cm³/mol. The largest absolute Gasteiger partial charge is 0.376 e. The Morgan fingerprint density at radius 3 is 2.52 bits per heavy atom. The van der Waals surface area contributed by atoms with Crippen molar-refractivity contribution in [2.45, 2.75) is 31.7 Å². The zero-order valence-corrected chi connectivity index (χ0v) is 13.0. The smallest absolute Gasteiger partial charge is 0.126 e. The zero-order valence-electron chi connectivity index (χ0n) is 11.5. The maximum Gasteiger partial charge on any atom is 0.126 e. The number of fused-ring (bicyclic) bond motifs is 1. The fourth-order valence-corrected chi connectivity index (χ4v) is 3.50. The minimum atomic E-state index is -0.420. The first-order valence-corrected chi connectivity index (χ1v) is 7.89. The molecule has 0 bridgehead atoms. The Bertz CT molecular complexity index is 634. The lowest BCUT2D eigenvalue weighted by Crippen LogP contribution is -2.12. The summed E-state index contributed by atoms with van der Waals surface area (Å²) in [5.74, 6) is -0.420. The first kappa shape index (κ1) is 14.7. The van der Waals surface area contributed by atoms with Crippen LogP contribution in [-0.4, -0.2) is 0 Å². The molecule has 1 N–H and O–H groups in total. The average molecular weight is 324 g/mol. The number of halogens is 3. The number of anilines is 1. The van der Waals surface area contributed by atoms with Crippen molar-refractivity contribution < 1.29 is 4.39 Å². The summed E-state index contributed by atoms with van der Waals surface area (Å²) in [6.07, 6.45) is 4.43. The zero-order chi connectivity index (χ0) is 14.8. The minimum absolute atomic E-state index is 0.157. The fraction of sp³-hybridized carbons (Fsp3) is 0.294. The lowest BCUT2D eigenvalue weighted by Gasteiger charge is -2.22.